The van der Waals surface area contributed by atoms with Gasteiger partial charge in [-0.2, -0.15) is 5.26 Å². The number of amidine groups is 1. The number of benzene rings is 1. The number of aliphatic imine (C=N–C) groups is 1. The lowest BCUT2D eigenvalue weighted by Crippen LogP contribution is -2.44. The van der Waals surface area contributed by atoms with Crippen molar-refractivity contribution in [1.82, 2.24) is 15.0 Å². The standard InChI is InChI=1S/C28H28N8/c29-15-18-4-1-5-19-20(18)14-28(26(19)30)8-12-35(13-9-28)24-17-32-25-22(34-24)16-33-27(25)36-11-3-6-21-23(36)7-2-10-31-21/h1-2,4-5,7,10,17,26H,3,6,8-9,11-14,16,30H2/t26-/m0/s1. The normalized spacial score (nSPS) is 21.6. The maximum absolute atomic E-state index is 9.56. The molecule has 7 rings (SSSR count). The average Bonchev–Trinajstić information content (AvgIpc) is 3.47. The molecule has 2 N–H and O–H groups in total. The predicted octanol–water partition coefficient (Wildman–Crippen LogP) is 3.30. The molecule has 8 nitrogen and oxygen atoms in total. The Bertz CT molecular complexity index is 1430. The van der Waals surface area contributed by atoms with Crippen LogP contribution in [0.1, 0.15) is 59.1 Å². The van der Waals surface area contributed by atoms with Gasteiger partial charge in [0.25, 0.3) is 0 Å². The lowest BCUT2D eigenvalue weighted by Gasteiger charge is -2.42. The number of piperidine rings is 1. The smallest absolute Gasteiger partial charge is 0.156 e. The summed E-state index contributed by atoms with van der Waals surface area (Å²) in [5.41, 5.74) is 14.0. The Kier molecular flexibility index (Phi) is 4.83. The first kappa shape index (κ1) is 21.5. The van der Waals surface area contributed by atoms with Crippen LogP contribution in [0, 0.1) is 16.7 Å². The van der Waals surface area contributed by atoms with Gasteiger partial charge < -0.3 is 15.5 Å². The largest absolute Gasteiger partial charge is 0.355 e. The first-order valence-electron chi connectivity index (χ1n) is 12.8. The molecule has 1 aromatic carbocycles. The number of hydrogen-bond acceptors (Lipinski definition) is 8. The minimum atomic E-state index is -0.0214. The van der Waals surface area contributed by atoms with Crippen LogP contribution in [-0.4, -0.2) is 40.4 Å². The van der Waals surface area contributed by atoms with E-state index in [-0.39, 0.29) is 11.5 Å². The zero-order valence-electron chi connectivity index (χ0n) is 20.2. The number of nitriles is 1. The van der Waals surface area contributed by atoms with Crippen molar-refractivity contribution in [2.24, 2.45) is 16.1 Å². The van der Waals surface area contributed by atoms with Gasteiger partial charge in [-0.05, 0) is 66.8 Å². The van der Waals surface area contributed by atoms with Crippen LogP contribution in [-0.2, 0) is 19.4 Å². The van der Waals surface area contributed by atoms with Crippen molar-refractivity contribution in [3.63, 3.8) is 0 Å². The van der Waals surface area contributed by atoms with Crippen LogP contribution in [0.2, 0.25) is 0 Å². The molecule has 36 heavy (non-hydrogen) atoms. The Labute approximate surface area is 210 Å². The summed E-state index contributed by atoms with van der Waals surface area (Å²) < 4.78 is 0. The molecular weight excluding hydrogens is 448 g/mol. The number of nitrogens with two attached hydrogens (primary N) is 1. The summed E-state index contributed by atoms with van der Waals surface area (Å²) in [4.78, 5) is 23.9. The monoisotopic (exact) mass is 476 g/mol. The highest BCUT2D eigenvalue weighted by molar-refractivity contribution is 6.11. The Hall–Kier alpha value is -3.83. The lowest BCUT2D eigenvalue weighted by atomic mass is 9.73. The van der Waals surface area contributed by atoms with Gasteiger partial charge in [0.05, 0.1) is 41.4 Å². The van der Waals surface area contributed by atoms with Crippen molar-refractivity contribution in [3.05, 3.63) is 76.5 Å². The highest BCUT2D eigenvalue weighted by Crippen LogP contribution is 2.51. The Morgan fingerprint density at radius 3 is 2.81 bits per heavy atom. The van der Waals surface area contributed by atoms with Gasteiger partial charge in [0.2, 0.25) is 0 Å². The second-order valence-electron chi connectivity index (χ2n) is 10.4. The van der Waals surface area contributed by atoms with Gasteiger partial charge in [-0.15, -0.1) is 0 Å². The summed E-state index contributed by atoms with van der Waals surface area (Å²) in [6.07, 6.45) is 8.67. The molecular formula is C28H28N8. The van der Waals surface area contributed by atoms with Crippen LogP contribution in [0.3, 0.4) is 0 Å². The molecule has 5 heterocycles. The SMILES string of the molecule is N#Cc1cccc2c1CC1(CCN(c3cnc4c(n3)CN=C4N3CCCc4ncccc43)CC1)[C@H]2N. The van der Waals surface area contributed by atoms with E-state index in [4.69, 9.17) is 20.7 Å². The molecule has 4 aliphatic rings. The zero-order valence-corrected chi connectivity index (χ0v) is 20.2. The molecule has 8 heteroatoms. The van der Waals surface area contributed by atoms with Crippen molar-refractivity contribution in [1.29, 1.82) is 5.26 Å². The number of anilines is 2. The van der Waals surface area contributed by atoms with E-state index in [2.05, 4.69) is 33.0 Å². The summed E-state index contributed by atoms with van der Waals surface area (Å²) in [5.74, 6) is 1.83. The molecule has 0 unspecified atom stereocenters. The molecule has 2 aromatic heterocycles. The van der Waals surface area contributed by atoms with E-state index in [9.17, 15) is 5.26 Å². The molecule has 0 radical (unpaired) electrons. The predicted molar refractivity (Wildman–Crippen MR) is 138 cm³/mol. The van der Waals surface area contributed by atoms with Crippen molar-refractivity contribution in [2.45, 2.75) is 44.7 Å². The fraction of sp³-hybridized carbons (Fsp3) is 0.393. The third-order valence-corrected chi connectivity index (χ3v) is 8.57. The van der Waals surface area contributed by atoms with E-state index >= 15 is 0 Å². The minimum absolute atomic E-state index is 0.0158. The van der Waals surface area contributed by atoms with E-state index in [0.29, 0.717) is 6.54 Å². The molecule has 1 aliphatic carbocycles. The third-order valence-electron chi connectivity index (χ3n) is 8.57. The quantitative estimate of drug-likeness (QED) is 0.574. The molecule has 0 saturated carbocycles. The highest BCUT2D eigenvalue weighted by Gasteiger charge is 2.47. The molecule has 3 aromatic rings. The molecule has 1 saturated heterocycles. The van der Waals surface area contributed by atoms with Gasteiger partial charge in [-0.25, -0.2) is 9.97 Å². The van der Waals surface area contributed by atoms with Gasteiger partial charge in [0.1, 0.15) is 11.5 Å². The van der Waals surface area contributed by atoms with Gasteiger partial charge in [-0.3, -0.25) is 9.98 Å². The summed E-state index contributed by atoms with van der Waals surface area (Å²) in [5, 5.41) is 9.56. The van der Waals surface area contributed by atoms with E-state index in [1.807, 2.05) is 30.6 Å². The number of fused-ring (bicyclic) bond motifs is 3. The van der Waals surface area contributed by atoms with Gasteiger partial charge in [0.15, 0.2) is 5.84 Å². The summed E-state index contributed by atoms with van der Waals surface area (Å²) in [7, 11) is 0. The fourth-order valence-electron chi connectivity index (χ4n) is 6.58. The fourth-order valence-corrected chi connectivity index (χ4v) is 6.58. The number of rotatable bonds is 1. The lowest BCUT2D eigenvalue weighted by molar-refractivity contribution is 0.187. The molecule has 1 fully saturated rings. The minimum Gasteiger partial charge on any atom is -0.355 e. The van der Waals surface area contributed by atoms with Crippen molar-refractivity contribution >= 4 is 17.3 Å². The van der Waals surface area contributed by atoms with Crippen LogP contribution in [0.25, 0.3) is 0 Å². The second kappa shape index (κ2) is 8.10. The van der Waals surface area contributed by atoms with E-state index < -0.39 is 0 Å². The molecule has 3 aliphatic heterocycles. The number of nitrogens with zero attached hydrogens (tertiary/aromatic N) is 7. The molecule has 1 atom stereocenters. The van der Waals surface area contributed by atoms with E-state index in [1.165, 1.54) is 0 Å². The van der Waals surface area contributed by atoms with Crippen LogP contribution < -0.4 is 15.5 Å². The van der Waals surface area contributed by atoms with E-state index in [0.717, 1.165) is 103 Å². The summed E-state index contributed by atoms with van der Waals surface area (Å²) in [6, 6.07) is 12.4. The van der Waals surface area contributed by atoms with Crippen LogP contribution in [0.4, 0.5) is 11.5 Å². The van der Waals surface area contributed by atoms with Crippen molar-refractivity contribution < 1.29 is 0 Å². The van der Waals surface area contributed by atoms with Gasteiger partial charge in [-0.1, -0.05) is 12.1 Å². The topological polar surface area (TPSA) is 107 Å². The first-order chi connectivity index (χ1) is 17.7. The first-order valence-corrected chi connectivity index (χ1v) is 12.8. The van der Waals surface area contributed by atoms with Crippen LogP contribution in [0.15, 0.2) is 47.7 Å². The molecule has 0 amide bonds. The van der Waals surface area contributed by atoms with Gasteiger partial charge in [0, 0.05) is 31.9 Å². The Balaban J connectivity index is 1.09. The van der Waals surface area contributed by atoms with Crippen LogP contribution in [0.5, 0.6) is 0 Å². The Morgan fingerprint density at radius 2 is 1.94 bits per heavy atom. The van der Waals surface area contributed by atoms with Crippen LogP contribution >= 0.6 is 0 Å². The zero-order chi connectivity index (χ0) is 24.3. The average molecular weight is 477 g/mol. The molecule has 0 bridgehead atoms. The van der Waals surface area contributed by atoms with Crippen molar-refractivity contribution in [2.75, 3.05) is 29.4 Å². The number of pyridine rings is 1. The number of aryl methyl sites for hydroxylation is 1. The second-order valence-corrected chi connectivity index (χ2v) is 10.4. The molecule has 180 valence electrons. The summed E-state index contributed by atoms with van der Waals surface area (Å²) >= 11 is 0. The van der Waals surface area contributed by atoms with Crippen molar-refractivity contribution in [3.8, 4) is 6.07 Å². The number of hydrogen-bond donors (Lipinski definition) is 1. The maximum atomic E-state index is 9.56. The number of aromatic nitrogens is 3. The highest BCUT2D eigenvalue weighted by atomic mass is 15.3. The van der Waals surface area contributed by atoms with Gasteiger partial charge >= 0.3 is 0 Å². The third kappa shape index (κ3) is 3.16. The summed E-state index contributed by atoms with van der Waals surface area (Å²) in [6.45, 7) is 3.25. The van der Waals surface area contributed by atoms with E-state index in [1.54, 1.807) is 0 Å². The molecule has 1 spiro atoms. The Morgan fingerprint density at radius 1 is 1.06 bits per heavy atom. The maximum Gasteiger partial charge on any atom is 0.156 e.